The molecule has 0 bridgehead atoms. The molecule has 0 spiro atoms. The van der Waals surface area contributed by atoms with Crippen LogP contribution in [0, 0.1) is 17.1 Å². The molecule has 3 rings (SSSR count). The fourth-order valence-electron chi connectivity index (χ4n) is 2.09. The molecule has 0 aliphatic carbocycles. The van der Waals surface area contributed by atoms with Crippen molar-refractivity contribution in [3.8, 4) is 6.07 Å². The summed E-state index contributed by atoms with van der Waals surface area (Å²) in [5.41, 5.74) is 0.559. The van der Waals surface area contributed by atoms with E-state index in [0.29, 0.717) is 13.0 Å². The highest BCUT2D eigenvalue weighted by atomic mass is 19.1. The van der Waals surface area contributed by atoms with Crippen molar-refractivity contribution in [1.82, 2.24) is 14.6 Å². The highest BCUT2D eigenvalue weighted by Crippen LogP contribution is 2.24. The molecule has 1 fully saturated rings. The van der Waals surface area contributed by atoms with E-state index in [-0.39, 0.29) is 23.6 Å². The lowest BCUT2D eigenvalue weighted by Crippen LogP contribution is -2.23. The van der Waals surface area contributed by atoms with Gasteiger partial charge in [0.15, 0.2) is 17.3 Å². The first-order valence-electron chi connectivity index (χ1n) is 5.52. The Balaban J connectivity index is 2.11. The molecule has 1 aliphatic heterocycles. The second kappa shape index (κ2) is 3.91. The van der Waals surface area contributed by atoms with Crippen LogP contribution in [0.4, 0.5) is 14.6 Å². The number of rotatable bonds is 1. The predicted octanol–water partition coefficient (Wildman–Crippen LogP) is 1.29. The monoisotopic (exact) mass is 249 g/mol. The molecule has 92 valence electrons. The van der Waals surface area contributed by atoms with E-state index in [0.717, 1.165) is 6.20 Å². The molecular formula is C11H9F2N5. The lowest BCUT2D eigenvalue weighted by Gasteiger charge is -2.16. The molecule has 0 amide bonds. The second-order valence-corrected chi connectivity index (χ2v) is 4.18. The lowest BCUT2D eigenvalue weighted by atomic mass is 10.3. The fourth-order valence-corrected chi connectivity index (χ4v) is 2.09. The third-order valence-electron chi connectivity index (χ3n) is 2.98. The van der Waals surface area contributed by atoms with Crippen molar-refractivity contribution in [2.75, 3.05) is 18.0 Å². The van der Waals surface area contributed by atoms with Gasteiger partial charge in [-0.2, -0.15) is 10.4 Å². The zero-order valence-corrected chi connectivity index (χ0v) is 9.35. The van der Waals surface area contributed by atoms with Crippen LogP contribution in [0.1, 0.15) is 12.0 Å². The van der Waals surface area contributed by atoms with E-state index < -0.39 is 12.0 Å². The summed E-state index contributed by atoms with van der Waals surface area (Å²) in [7, 11) is 0. The van der Waals surface area contributed by atoms with Crippen LogP contribution < -0.4 is 4.90 Å². The molecule has 2 aromatic heterocycles. The van der Waals surface area contributed by atoms with E-state index in [2.05, 4.69) is 10.1 Å². The molecule has 0 saturated carbocycles. The van der Waals surface area contributed by atoms with Gasteiger partial charge in [0, 0.05) is 6.54 Å². The minimum absolute atomic E-state index is 0.0830. The summed E-state index contributed by atoms with van der Waals surface area (Å²) in [6.45, 7) is 0.563. The molecule has 18 heavy (non-hydrogen) atoms. The number of nitrogens with zero attached hydrogens (tertiary/aromatic N) is 5. The van der Waals surface area contributed by atoms with Crippen LogP contribution in [-0.4, -0.2) is 33.9 Å². The lowest BCUT2D eigenvalue weighted by molar-refractivity contribution is 0.364. The van der Waals surface area contributed by atoms with Gasteiger partial charge in [-0.15, -0.1) is 0 Å². The van der Waals surface area contributed by atoms with Crippen molar-refractivity contribution in [3.05, 3.63) is 23.8 Å². The highest BCUT2D eigenvalue weighted by molar-refractivity contribution is 5.58. The van der Waals surface area contributed by atoms with E-state index in [1.807, 2.05) is 6.07 Å². The van der Waals surface area contributed by atoms with Crippen molar-refractivity contribution in [2.24, 2.45) is 0 Å². The van der Waals surface area contributed by atoms with Crippen LogP contribution >= 0.6 is 0 Å². The molecule has 0 radical (unpaired) electrons. The third-order valence-corrected chi connectivity index (χ3v) is 2.98. The molecule has 1 atom stereocenters. The van der Waals surface area contributed by atoms with E-state index in [1.54, 1.807) is 4.90 Å². The van der Waals surface area contributed by atoms with Crippen LogP contribution in [0.3, 0.4) is 0 Å². The van der Waals surface area contributed by atoms with Gasteiger partial charge < -0.3 is 4.90 Å². The summed E-state index contributed by atoms with van der Waals surface area (Å²) >= 11 is 0. The van der Waals surface area contributed by atoms with E-state index >= 15 is 0 Å². The van der Waals surface area contributed by atoms with Crippen LogP contribution in [0.15, 0.2) is 12.4 Å². The highest BCUT2D eigenvalue weighted by Gasteiger charge is 2.26. The van der Waals surface area contributed by atoms with Gasteiger partial charge in [-0.1, -0.05) is 0 Å². The normalized spacial score (nSPS) is 19.4. The Morgan fingerprint density at radius 2 is 2.33 bits per heavy atom. The Bertz CT molecular complexity index is 645. The molecule has 5 nitrogen and oxygen atoms in total. The average Bonchev–Trinajstić information content (AvgIpc) is 2.93. The molecule has 0 aromatic carbocycles. The van der Waals surface area contributed by atoms with Crippen LogP contribution in [-0.2, 0) is 0 Å². The molecule has 0 N–H and O–H groups in total. The molecule has 7 heteroatoms. The molecule has 1 unspecified atom stereocenters. The first-order valence-corrected chi connectivity index (χ1v) is 5.52. The number of fused-ring (bicyclic) bond motifs is 1. The van der Waals surface area contributed by atoms with Gasteiger partial charge in [0.2, 0.25) is 0 Å². The Labute approximate surface area is 101 Å². The Morgan fingerprint density at radius 1 is 1.50 bits per heavy atom. The summed E-state index contributed by atoms with van der Waals surface area (Å²) in [5, 5.41) is 12.7. The standard InChI is InChI=1S/C11H9F2N5/c12-8-1-2-17(5-8)11-9(13)6-18-10(16-11)7(3-14)4-15-18/h4,6,8H,1-2,5H2. The Kier molecular flexibility index (Phi) is 2.37. The maximum Gasteiger partial charge on any atom is 0.184 e. The van der Waals surface area contributed by atoms with Crippen molar-refractivity contribution < 1.29 is 8.78 Å². The SMILES string of the molecule is N#Cc1cnn2cc(F)c(N3CCC(F)C3)nc12. The van der Waals surface area contributed by atoms with Crippen molar-refractivity contribution in [1.29, 1.82) is 5.26 Å². The fraction of sp³-hybridized carbons (Fsp3) is 0.364. The van der Waals surface area contributed by atoms with Crippen molar-refractivity contribution in [2.45, 2.75) is 12.6 Å². The minimum atomic E-state index is -0.956. The molecular weight excluding hydrogens is 240 g/mol. The summed E-state index contributed by atoms with van der Waals surface area (Å²) < 4.78 is 28.2. The summed E-state index contributed by atoms with van der Waals surface area (Å²) in [6.07, 6.45) is 1.90. The van der Waals surface area contributed by atoms with Gasteiger partial charge in [0.05, 0.1) is 18.9 Å². The van der Waals surface area contributed by atoms with Gasteiger partial charge in [0.25, 0.3) is 0 Å². The molecule has 3 heterocycles. The van der Waals surface area contributed by atoms with Gasteiger partial charge in [-0.05, 0) is 6.42 Å². The van der Waals surface area contributed by atoms with Gasteiger partial charge in [0.1, 0.15) is 17.8 Å². The molecule has 1 saturated heterocycles. The maximum absolute atomic E-state index is 13.8. The zero-order valence-electron chi connectivity index (χ0n) is 9.35. The maximum atomic E-state index is 13.8. The number of hydrogen-bond acceptors (Lipinski definition) is 4. The average molecular weight is 249 g/mol. The van der Waals surface area contributed by atoms with Gasteiger partial charge in [-0.25, -0.2) is 18.3 Å². The smallest absolute Gasteiger partial charge is 0.184 e. The number of hydrogen-bond donors (Lipinski definition) is 0. The van der Waals surface area contributed by atoms with E-state index in [1.165, 1.54) is 10.7 Å². The topological polar surface area (TPSA) is 57.2 Å². The predicted molar refractivity (Wildman–Crippen MR) is 59.4 cm³/mol. The number of aromatic nitrogens is 3. The number of anilines is 1. The minimum Gasteiger partial charge on any atom is -0.351 e. The van der Waals surface area contributed by atoms with E-state index in [4.69, 9.17) is 5.26 Å². The van der Waals surface area contributed by atoms with Crippen molar-refractivity contribution in [3.63, 3.8) is 0 Å². The van der Waals surface area contributed by atoms with E-state index in [9.17, 15) is 8.78 Å². The number of alkyl halides is 1. The first kappa shape index (κ1) is 10.9. The Morgan fingerprint density at radius 3 is 3.00 bits per heavy atom. The second-order valence-electron chi connectivity index (χ2n) is 4.18. The first-order chi connectivity index (χ1) is 8.69. The van der Waals surface area contributed by atoms with Crippen LogP contribution in [0.2, 0.25) is 0 Å². The largest absolute Gasteiger partial charge is 0.351 e. The summed E-state index contributed by atoms with van der Waals surface area (Å²) in [4.78, 5) is 5.63. The third kappa shape index (κ3) is 1.57. The van der Waals surface area contributed by atoms with Gasteiger partial charge in [-0.3, -0.25) is 0 Å². The number of halogens is 2. The summed E-state index contributed by atoms with van der Waals surface area (Å²) in [6, 6.07) is 1.94. The summed E-state index contributed by atoms with van der Waals surface area (Å²) in [5.74, 6) is -0.483. The number of nitriles is 1. The van der Waals surface area contributed by atoms with Crippen LogP contribution in [0.5, 0.6) is 0 Å². The quantitative estimate of drug-likeness (QED) is 0.764. The zero-order chi connectivity index (χ0) is 12.7. The van der Waals surface area contributed by atoms with Crippen molar-refractivity contribution >= 4 is 11.5 Å². The molecule has 1 aliphatic rings. The Hall–Kier alpha value is -2.23. The van der Waals surface area contributed by atoms with Gasteiger partial charge >= 0.3 is 0 Å². The molecule has 2 aromatic rings. The van der Waals surface area contributed by atoms with Crippen LogP contribution in [0.25, 0.3) is 5.65 Å².